The number of hydrogen-bond donors (Lipinski definition) is 1. The van der Waals surface area contributed by atoms with Crippen LogP contribution in [0.2, 0.25) is 5.02 Å². The Hall–Kier alpha value is -0.730. The van der Waals surface area contributed by atoms with E-state index in [1.165, 1.54) is 0 Å². The molecule has 1 aromatic rings. The summed E-state index contributed by atoms with van der Waals surface area (Å²) in [6.45, 7) is 4.19. The highest BCUT2D eigenvalue weighted by molar-refractivity contribution is 6.30. The number of aliphatic hydroxyl groups is 1. The predicted octanol–water partition coefficient (Wildman–Crippen LogP) is 3.18. The molecule has 0 aliphatic carbocycles. The molecule has 0 saturated heterocycles. The first-order valence-corrected chi connectivity index (χ1v) is 5.60. The van der Waals surface area contributed by atoms with Crippen LogP contribution < -0.4 is 4.74 Å². The summed E-state index contributed by atoms with van der Waals surface area (Å²) in [6, 6.07) is 5.39. The van der Waals surface area contributed by atoms with Gasteiger partial charge >= 0.3 is 0 Å². The van der Waals surface area contributed by atoms with Crippen molar-refractivity contribution in [1.29, 1.82) is 0 Å². The van der Waals surface area contributed by atoms with Crippen LogP contribution in [0.25, 0.3) is 0 Å². The molecule has 0 saturated carbocycles. The second-order valence-electron chi connectivity index (χ2n) is 4.33. The predicted molar refractivity (Wildman–Crippen MR) is 60.3 cm³/mol. The van der Waals surface area contributed by atoms with Gasteiger partial charge in [-0.05, 0) is 24.1 Å². The van der Waals surface area contributed by atoms with Crippen LogP contribution in [0.3, 0.4) is 0 Å². The lowest BCUT2D eigenvalue weighted by Crippen LogP contribution is -2.30. The second-order valence-corrected chi connectivity index (χ2v) is 4.77. The third kappa shape index (κ3) is 2.11. The smallest absolute Gasteiger partial charge is 0.125 e. The maximum atomic E-state index is 9.97. The van der Waals surface area contributed by atoms with E-state index in [-0.39, 0.29) is 6.10 Å². The molecule has 1 N–H and O–H groups in total. The van der Waals surface area contributed by atoms with E-state index in [2.05, 4.69) is 13.8 Å². The van der Waals surface area contributed by atoms with Crippen LogP contribution in [0.15, 0.2) is 18.2 Å². The highest BCUT2D eigenvalue weighted by Crippen LogP contribution is 2.37. The van der Waals surface area contributed by atoms with E-state index in [4.69, 9.17) is 16.3 Å². The molecule has 0 radical (unpaired) electrons. The molecule has 0 fully saturated rings. The summed E-state index contributed by atoms with van der Waals surface area (Å²) < 4.78 is 5.80. The van der Waals surface area contributed by atoms with Gasteiger partial charge in [-0.3, -0.25) is 0 Å². The van der Waals surface area contributed by atoms with Crippen molar-refractivity contribution in [3.05, 3.63) is 28.8 Å². The van der Waals surface area contributed by atoms with Crippen molar-refractivity contribution in [2.24, 2.45) is 5.92 Å². The number of ether oxygens (including phenoxy) is 1. The van der Waals surface area contributed by atoms with E-state index in [9.17, 15) is 5.11 Å². The molecule has 1 aromatic carbocycles. The maximum Gasteiger partial charge on any atom is 0.125 e. The molecule has 0 amide bonds. The highest BCUT2D eigenvalue weighted by Gasteiger charge is 2.28. The molecule has 2 rings (SSSR count). The number of halogens is 1. The van der Waals surface area contributed by atoms with Gasteiger partial charge in [-0.15, -0.1) is 0 Å². The van der Waals surface area contributed by atoms with Gasteiger partial charge in [0.15, 0.2) is 0 Å². The average Bonchev–Trinajstić information content (AvgIpc) is 2.18. The molecule has 3 heteroatoms. The number of rotatable bonds is 1. The molecule has 0 aromatic heterocycles. The standard InChI is InChI=1S/C12H15ClO2/c1-7(2)12-6-10(14)9-5-8(13)3-4-11(9)15-12/h3-5,7,10,12,14H,6H2,1-2H3/t10-,12?/m0/s1. The number of hydrogen-bond acceptors (Lipinski definition) is 2. The van der Waals surface area contributed by atoms with Crippen molar-refractivity contribution in [2.75, 3.05) is 0 Å². The summed E-state index contributed by atoms with van der Waals surface area (Å²) in [6.07, 6.45) is 0.277. The van der Waals surface area contributed by atoms with Gasteiger partial charge in [-0.25, -0.2) is 0 Å². The molecular formula is C12H15ClO2. The number of aliphatic hydroxyl groups excluding tert-OH is 1. The fraction of sp³-hybridized carbons (Fsp3) is 0.500. The van der Waals surface area contributed by atoms with Crippen molar-refractivity contribution in [2.45, 2.75) is 32.5 Å². The number of fused-ring (bicyclic) bond motifs is 1. The highest BCUT2D eigenvalue weighted by atomic mass is 35.5. The first kappa shape index (κ1) is 10.8. The Bertz CT molecular complexity index is 363. The Morgan fingerprint density at radius 1 is 1.47 bits per heavy atom. The van der Waals surface area contributed by atoms with Crippen LogP contribution in [0.1, 0.15) is 31.9 Å². The van der Waals surface area contributed by atoms with Gasteiger partial charge in [-0.1, -0.05) is 25.4 Å². The molecule has 2 atom stereocenters. The van der Waals surface area contributed by atoms with Gasteiger partial charge in [0.2, 0.25) is 0 Å². The first-order valence-electron chi connectivity index (χ1n) is 5.22. The normalized spacial score (nSPS) is 24.9. The Kier molecular flexibility index (Phi) is 2.89. The minimum Gasteiger partial charge on any atom is -0.490 e. The number of benzene rings is 1. The van der Waals surface area contributed by atoms with E-state index in [0.29, 0.717) is 17.4 Å². The second kappa shape index (κ2) is 4.03. The van der Waals surface area contributed by atoms with Gasteiger partial charge in [0.05, 0.1) is 6.10 Å². The molecule has 0 bridgehead atoms. The Labute approximate surface area is 94.8 Å². The summed E-state index contributed by atoms with van der Waals surface area (Å²) >= 11 is 5.87. The zero-order valence-electron chi connectivity index (χ0n) is 8.90. The van der Waals surface area contributed by atoms with Crippen molar-refractivity contribution >= 4 is 11.6 Å². The van der Waals surface area contributed by atoms with Crippen molar-refractivity contribution in [1.82, 2.24) is 0 Å². The van der Waals surface area contributed by atoms with Crippen molar-refractivity contribution in [3.8, 4) is 5.75 Å². The fourth-order valence-electron chi connectivity index (χ4n) is 1.85. The maximum absolute atomic E-state index is 9.97. The van der Waals surface area contributed by atoms with Crippen LogP contribution in [0, 0.1) is 5.92 Å². The quantitative estimate of drug-likeness (QED) is 0.797. The molecule has 2 nitrogen and oxygen atoms in total. The molecule has 82 valence electrons. The van der Waals surface area contributed by atoms with E-state index in [0.717, 1.165) is 11.3 Å². The lowest BCUT2D eigenvalue weighted by molar-refractivity contribution is 0.0427. The first-order chi connectivity index (χ1) is 7.08. The van der Waals surface area contributed by atoms with E-state index in [1.807, 2.05) is 6.07 Å². The zero-order chi connectivity index (χ0) is 11.0. The molecular weight excluding hydrogens is 212 g/mol. The van der Waals surface area contributed by atoms with Crippen molar-refractivity contribution < 1.29 is 9.84 Å². The third-order valence-corrected chi connectivity index (χ3v) is 3.04. The van der Waals surface area contributed by atoms with E-state index < -0.39 is 6.10 Å². The minimum atomic E-state index is -0.458. The van der Waals surface area contributed by atoms with E-state index in [1.54, 1.807) is 12.1 Å². The topological polar surface area (TPSA) is 29.5 Å². The van der Waals surface area contributed by atoms with Crippen LogP contribution in [-0.2, 0) is 0 Å². The largest absolute Gasteiger partial charge is 0.490 e. The van der Waals surface area contributed by atoms with Gasteiger partial charge in [0.1, 0.15) is 11.9 Å². The van der Waals surface area contributed by atoms with E-state index >= 15 is 0 Å². The molecule has 15 heavy (non-hydrogen) atoms. The van der Waals surface area contributed by atoms with Crippen molar-refractivity contribution in [3.63, 3.8) is 0 Å². The average molecular weight is 227 g/mol. The Morgan fingerprint density at radius 3 is 2.87 bits per heavy atom. The Balaban J connectivity index is 2.32. The molecule has 1 aliphatic rings. The summed E-state index contributed by atoms with van der Waals surface area (Å²) in [5.74, 6) is 1.17. The summed E-state index contributed by atoms with van der Waals surface area (Å²) in [5.41, 5.74) is 0.805. The summed E-state index contributed by atoms with van der Waals surface area (Å²) in [4.78, 5) is 0. The molecule has 0 spiro atoms. The van der Waals surface area contributed by atoms with Gasteiger partial charge in [-0.2, -0.15) is 0 Å². The lowest BCUT2D eigenvalue weighted by atomic mass is 9.93. The zero-order valence-corrected chi connectivity index (χ0v) is 9.66. The third-order valence-electron chi connectivity index (χ3n) is 2.81. The van der Waals surface area contributed by atoms with Gasteiger partial charge < -0.3 is 9.84 Å². The minimum absolute atomic E-state index is 0.0914. The molecule has 1 unspecified atom stereocenters. The van der Waals surface area contributed by atoms with Crippen LogP contribution >= 0.6 is 11.6 Å². The molecule has 1 aliphatic heterocycles. The van der Waals surface area contributed by atoms with Crippen LogP contribution in [-0.4, -0.2) is 11.2 Å². The molecule has 1 heterocycles. The van der Waals surface area contributed by atoms with Crippen LogP contribution in [0.5, 0.6) is 5.75 Å². The lowest BCUT2D eigenvalue weighted by Gasteiger charge is -2.32. The van der Waals surface area contributed by atoms with Crippen LogP contribution in [0.4, 0.5) is 0 Å². The summed E-state index contributed by atoms with van der Waals surface area (Å²) in [5, 5.41) is 10.6. The summed E-state index contributed by atoms with van der Waals surface area (Å²) in [7, 11) is 0. The monoisotopic (exact) mass is 226 g/mol. The van der Waals surface area contributed by atoms with Gasteiger partial charge in [0.25, 0.3) is 0 Å². The van der Waals surface area contributed by atoms with Gasteiger partial charge in [0, 0.05) is 17.0 Å². The Morgan fingerprint density at radius 2 is 2.20 bits per heavy atom. The SMILES string of the molecule is CC(C)C1C[C@H](O)c2cc(Cl)ccc2O1. The fourth-order valence-corrected chi connectivity index (χ4v) is 2.03.